The summed E-state index contributed by atoms with van der Waals surface area (Å²) in [6, 6.07) is 34.0. The van der Waals surface area contributed by atoms with Crippen LogP contribution in [0.1, 0.15) is 46.1 Å². The van der Waals surface area contributed by atoms with Gasteiger partial charge in [0.2, 0.25) is 5.91 Å². The highest BCUT2D eigenvalue weighted by atomic mass is 16.5. The first kappa shape index (κ1) is 29.1. The molecule has 1 unspecified atom stereocenters. The average molecular weight is 576 g/mol. The zero-order valence-corrected chi connectivity index (χ0v) is 23.8. The molecule has 43 heavy (non-hydrogen) atoms. The molecule has 8 nitrogen and oxygen atoms in total. The molecular formula is C35H33N3O5. The Labute approximate surface area is 250 Å². The Morgan fingerprint density at radius 3 is 2.21 bits per heavy atom. The van der Waals surface area contributed by atoms with Crippen LogP contribution in [0.5, 0.6) is 5.75 Å². The third-order valence-corrected chi connectivity index (χ3v) is 7.15. The summed E-state index contributed by atoms with van der Waals surface area (Å²) in [6.07, 6.45) is -0.0264. The number of nitrogens with one attached hydrogen (secondary N) is 3. The maximum atomic E-state index is 13.9. The standard InChI is InChI=1S/C35H33N3O5/c1-42-31-19-11-9-17-27(31)33(25-14-6-3-7-15-25)38-34(40)29(20-21-32(39)43-23-24-12-4-2-5-13-24)37-35(41)30-22-26-16-8-10-18-28(26)36-30/h2-19,22,29,33,36H,20-21,23H2,1H3,(H,37,41)(H,38,40)/t29-,33?/m0/s1. The lowest BCUT2D eigenvalue weighted by atomic mass is 9.97. The lowest BCUT2D eigenvalue weighted by Crippen LogP contribution is -2.48. The smallest absolute Gasteiger partial charge is 0.306 e. The second kappa shape index (κ2) is 14.0. The van der Waals surface area contributed by atoms with Crippen molar-refractivity contribution in [2.45, 2.75) is 31.5 Å². The van der Waals surface area contributed by atoms with E-state index < -0.39 is 29.9 Å². The number of fused-ring (bicyclic) bond motifs is 1. The summed E-state index contributed by atoms with van der Waals surface area (Å²) in [6.45, 7) is 0.127. The van der Waals surface area contributed by atoms with E-state index in [1.807, 2.05) is 109 Å². The van der Waals surface area contributed by atoms with Gasteiger partial charge >= 0.3 is 5.97 Å². The van der Waals surface area contributed by atoms with Crippen LogP contribution >= 0.6 is 0 Å². The normalized spacial score (nSPS) is 12.2. The molecular weight excluding hydrogens is 542 g/mol. The van der Waals surface area contributed by atoms with Gasteiger partial charge in [-0.15, -0.1) is 0 Å². The van der Waals surface area contributed by atoms with Gasteiger partial charge in [-0.25, -0.2) is 0 Å². The summed E-state index contributed by atoms with van der Waals surface area (Å²) in [5.41, 5.74) is 3.57. The van der Waals surface area contributed by atoms with E-state index in [0.717, 1.165) is 27.6 Å². The molecule has 8 heteroatoms. The highest BCUT2D eigenvalue weighted by Gasteiger charge is 2.28. The maximum absolute atomic E-state index is 13.9. The van der Waals surface area contributed by atoms with Crippen molar-refractivity contribution in [3.05, 3.63) is 138 Å². The fraction of sp³-hybridized carbons (Fsp3) is 0.171. The topological polar surface area (TPSA) is 110 Å². The van der Waals surface area contributed by atoms with E-state index in [-0.39, 0.29) is 19.4 Å². The molecule has 0 radical (unpaired) electrons. The van der Waals surface area contributed by atoms with Crippen LogP contribution in [0.25, 0.3) is 10.9 Å². The van der Waals surface area contributed by atoms with E-state index in [0.29, 0.717) is 11.4 Å². The third kappa shape index (κ3) is 7.48. The van der Waals surface area contributed by atoms with Crippen molar-refractivity contribution in [3.63, 3.8) is 0 Å². The summed E-state index contributed by atoms with van der Waals surface area (Å²) in [5, 5.41) is 6.81. The summed E-state index contributed by atoms with van der Waals surface area (Å²) in [4.78, 5) is 43.0. The second-order valence-electron chi connectivity index (χ2n) is 10.1. The molecule has 0 spiro atoms. The van der Waals surface area contributed by atoms with Crippen molar-refractivity contribution >= 4 is 28.7 Å². The first-order valence-corrected chi connectivity index (χ1v) is 14.1. The number of hydrogen-bond acceptors (Lipinski definition) is 5. The summed E-state index contributed by atoms with van der Waals surface area (Å²) < 4.78 is 11.0. The highest BCUT2D eigenvalue weighted by Crippen LogP contribution is 2.30. The zero-order valence-electron chi connectivity index (χ0n) is 23.8. The van der Waals surface area contributed by atoms with Gasteiger partial charge in [0.15, 0.2) is 0 Å². The number of H-pyrrole nitrogens is 1. The van der Waals surface area contributed by atoms with Gasteiger partial charge < -0.3 is 25.1 Å². The Hall–Kier alpha value is -5.37. The van der Waals surface area contributed by atoms with Gasteiger partial charge in [0, 0.05) is 22.9 Å². The summed E-state index contributed by atoms with van der Waals surface area (Å²) in [5.74, 6) is -0.756. The Bertz CT molecular complexity index is 1650. The lowest BCUT2D eigenvalue weighted by Gasteiger charge is -2.25. The minimum atomic E-state index is -1.02. The molecule has 5 rings (SSSR count). The molecule has 0 aliphatic carbocycles. The van der Waals surface area contributed by atoms with Crippen LogP contribution in [0, 0.1) is 0 Å². The number of methoxy groups -OCH3 is 1. The van der Waals surface area contributed by atoms with Crippen LogP contribution in [0.2, 0.25) is 0 Å². The minimum Gasteiger partial charge on any atom is -0.496 e. The van der Waals surface area contributed by atoms with Crippen molar-refractivity contribution < 1.29 is 23.9 Å². The van der Waals surface area contributed by atoms with Crippen molar-refractivity contribution in [1.82, 2.24) is 15.6 Å². The van der Waals surface area contributed by atoms with Gasteiger partial charge in [-0.2, -0.15) is 0 Å². The molecule has 5 aromatic rings. The number of aromatic amines is 1. The second-order valence-corrected chi connectivity index (χ2v) is 10.1. The molecule has 1 aromatic heterocycles. The number of rotatable bonds is 12. The van der Waals surface area contributed by atoms with Gasteiger partial charge in [-0.05, 0) is 35.7 Å². The predicted octanol–water partition coefficient (Wildman–Crippen LogP) is 5.70. The fourth-order valence-electron chi connectivity index (χ4n) is 4.91. The van der Waals surface area contributed by atoms with Crippen LogP contribution in [0.4, 0.5) is 0 Å². The number of ether oxygens (including phenoxy) is 2. The van der Waals surface area contributed by atoms with E-state index in [1.54, 1.807) is 13.2 Å². The number of para-hydroxylation sites is 2. The van der Waals surface area contributed by atoms with Crippen molar-refractivity contribution in [2.75, 3.05) is 7.11 Å². The van der Waals surface area contributed by atoms with Crippen LogP contribution in [0.3, 0.4) is 0 Å². The number of benzene rings is 4. The summed E-state index contributed by atoms with van der Waals surface area (Å²) >= 11 is 0. The van der Waals surface area contributed by atoms with E-state index in [9.17, 15) is 14.4 Å². The predicted molar refractivity (Wildman–Crippen MR) is 164 cm³/mol. The maximum Gasteiger partial charge on any atom is 0.306 e. The molecule has 0 fully saturated rings. The number of aromatic nitrogens is 1. The van der Waals surface area contributed by atoms with Crippen molar-refractivity contribution in [1.29, 1.82) is 0 Å². The highest BCUT2D eigenvalue weighted by molar-refractivity contribution is 6.00. The van der Waals surface area contributed by atoms with Crippen molar-refractivity contribution in [3.8, 4) is 5.75 Å². The largest absolute Gasteiger partial charge is 0.496 e. The molecule has 2 atom stereocenters. The number of carbonyl (C=O) groups excluding carboxylic acids is 3. The van der Waals surface area contributed by atoms with Gasteiger partial charge in [0.05, 0.1) is 13.2 Å². The number of amides is 2. The van der Waals surface area contributed by atoms with Gasteiger partial charge in [0.1, 0.15) is 24.1 Å². The van der Waals surface area contributed by atoms with Gasteiger partial charge in [-0.3, -0.25) is 14.4 Å². The Morgan fingerprint density at radius 1 is 0.791 bits per heavy atom. The monoisotopic (exact) mass is 575 g/mol. The van der Waals surface area contributed by atoms with E-state index in [4.69, 9.17) is 9.47 Å². The molecule has 0 saturated carbocycles. The van der Waals surface area contributed by atoms with Crippen molar-refractivity contribution in [2.24, 2.45) is 0 Å². The minimum absolute atomic E-state index is 0.0405. The molecule has 0 saturated heterocycles. The molecule has 218 valence electrons. The van der Waals surface area contributed by atoms with E-state index >= 15 is 0 Å². The molecule has 4 aromatic carbocycles. The Kier molecular flexibility index (Phi) is 9.49. The first-order valence-electron chi connectivity index (χ1n) is 14.1. The molecule has 2 amide bonds. The summed E-state index contributed by atoms with van der Waals surface area (Å²) in [7, 11) is 1.58. The van der Waals surface area contributed by atoms with E-state index in [2.05, 4.69) is 15.6 Å². The van der Waals surface area contributed by atoms with Gasteiger partial charge in [0.25, 0.3) is 5.91 Å². The number of esters is 1. The van der Waals surface area contributed by atoms with Crippen LogP contribution < -0.4 is 15.4 Å². The van der Waals surface area contributed by atoms with Crippen LogP contribution in [0.15, 0.2) is 115 Å². The molecule has 1 heterocycles. The Balaban J connectivity index is 1.36. The zero-order chi connectivity index (χ0) is 30.0. The Morgan fingerprint density at radius 2 is 1.47 bits per heavy atom. The first-order chi connectivity index (χ1) is 21.0. The third-order valence-electron chi connectivity index (χ3n) is 7.15. The molecule has 0 aliphatic heterocycles. The lowest BCUT2D eigenvalue weighted by molar-refractivity contribution is -0.145. The SMILES string of the molecule is COc1ccccc1C(NC(=O)[C@H](CCC(=O)OCc1ccccc1)NC(=O)c1cc2ccccc2[nH]1)c1ccccc1. The number of hydrogen-bond donors (Lipinski definition) is 3. The molecule has 3 N–H and O–H groups in total. The van der Waals surface area contributed by atoms with Crippen LogP contribution in [-0.2, 0) is 20.9 Å². The number of carbonyl (C=O) groups is 3. The van der Waals surface area contributed by atoms with E-state index in [1.165, 1.54) is 0 Å². The van der Waals surface area contributed by atoms with Gasteiger partial charge in [-0.1, -0.05) is 97.1 Å². The average Bonchev–Trinajstić information content (AvgIpc) is 3.50. The fourth-order valence-corrected chi connectivity index (χ4v) is 4.91. The molecule has 0 bridgehead atoms. The van der Waals surface area contributed by atoms with Crippen LogP contribution in [-0.4, -0.2) is 35.9 Å². The molecule has 0 aliphatic rings. The quantitative estimate of drug-likeness (QED) is 0.165.